The van der Waals surface area contributed by atoms with Crippen molar-refractivity contribution in [3.05, 3.63) is 35.1 Å². The summed E-state index contributed by atoms with van der Waals surface area (Å²) >= 11 is 0. The zero-order chi connectivity index (χ0) is 17.9. The van der Waals surface area contributed by atoms with Gasteiger partial charge in [0.15, 0.2) is 11.6 Å². The van der Waals surface area contributed by atoms with Crippen LogP contribution in [-0.4, -0.2) is 32.8 Å². The molecule has 0 saturated heterocycles. The number of aliphatic hydroxyl groups excluding tert-OH is 1. The van der Waals surface area contributed by atoms with Gasteiger partial charge in [0.1, 0.15) is 11.9 Å². The average Bonchev–Trinajstić information content (AvgIpc) is 2.39. The molecular weight excluding hydrogens is 311 g/mol. The molecule has 0 aliphatic rings. The second kappa shape index (κ2) is 6.92. The van der Waals surface area contributed by atoms with Crippen LogP contribution in [0.4, 0.5) is 18.0 Å². The fourth-order valence-corrected chi connectivity index (χ4v) is 2.36. The molecule has 0 heterocycles. The fraction of sp³-hybridized carbons (Fsp3) is 0.438. The van der Waals surface area contributed by atoms with Gasteiger partial charge < -0.3 is 10.2 Å². The Morgan fingerprint density at radius 2 is 1.78 bits per heavy atom. The molecule has 1 aromatic rings. The number of benzene rings is 1. The first-order chi connectivity index (χ1) is 10.5. The van der Waals surface area contributed by atoms with Gasteiger partial charge >= 0.3 is 6.09 Å². The van der Waals surface area contributed by atoms with Crippen LogP contribution in [0.5, 0.6) is 0 Å². The number of nitrogens with zero attached hydrogens (tertiary/aromatic N) is 1. The third-order valence-corrected chi connectivity index (χ3v) is 3.31. The maximum Gasteiger partial charge on any atom is 0.408 e. The van der Waals surface area contributed by atoms with Crippen LogP contribution >= 0.6 is 0 Å². The van der Waals surface area contributed by atoms with Crippen LogP contribution in [0, 0.1) is 29.8 Å². The number of aliphatic hydroxyl groups is 1. The summed E-state index contributed by atoms with van der Waals surface area (Å²) in [4.78, 5) is 12.4. The summed E-state index contributed by atoms with van der Waals surface area (Å²) in [6, 6.07) is -0.429. The van der Waals surface area contributed by atoms with Gasteiger partial charge in [-0.2, -0.15) is 0 Å². The number of carboxylic acid groups (broad SMARTS) is 1. The highest BCUT2D eigenvalue weighted by Gasteiger charge is 2.38. The fourth-order valence-electron chi connectivity index (χ4n) is 2.36. The summed E-state index contributed by atoms with van der Waals surface area (Å²) in [6.45, 7) is 4.71. The Labute approximate surface area is 132 Å². The molecule has 2 unspecified atom stereocenters. The molecule has 2 N–H and O–H groups in total. The Bertz CT molecular complexity index is 635. The van der Waals surface area contributed by atoms with Crippen LogP contribution < -0.4 is 0 Å². The lowest BCUT2D eigenvalue weighted by Gasteiger charge is -2.41. The molecule has 0 aromatic heterocycles. The first-order valence-electron chi connectivity index (χ1n) is 6.79. The van der Waals surface area contributed by atoms with E-state index in [-0.39, 0.29) is 6.42 Å². The molecule has 0 aliphatic heterocycles. The Hall–Kier alpha value is -2.20. The lowest BCUT2D eigenvalue weighted by molar-refractivity contribution is 0.00688. The summed E-state index contributed by atoms with van der Waals surface area (Å²) in [6.07, 6.45) is 1.85. The summed E-state index contributed by atoms with van der Waals surface area (Å²) in [5.41, 5.74) is -1.51. The summed E-state index contributed by atoms with van der Waals surface area (Å²) in [5, 5.41) is 19.7. The minimum atomic E-state index is -1.75. The highest BCUT2D eigenvalue weighted by atomic mass is 19.2. The molecule has 0 saturated carbocycles. The molecule has 7 heteroatoms. The molecule has 1 amide bonds. The smallest absolute Gasteiger partial charge is 0.408 e. The van der Waals surface area contributed by atoms with Crippen LogP contribution in [0.1, 0.15) is 38.9 Å². The van der Waals surface area contributed by atoms with Gasteiger partial charge in [-0.05, 0) is 26.8 Å². The second-order valence-electron chi connectivity index (χ2n) is 6.03. The lowest BCUT2D eigenvalue weighted by atomic mass is 9.93. The van der Waals surface area contributed by atoms with Crippen molar-refractivity contribution >= 4 is 6.09 Å². The maximum absolute atomic E-state index is 13.9. The van der Waals surface area contributed by atoms with Crippen LogP contribution in [0.3, 0.4) is 0 Å². The molecule has 2 atom stereocenters. The molecule has 126 valence electrons. The van der Waals surface area contributed by atoms with E-state index in [0.717, 1.165) is 4.90 Å². The lowest BCUT2D eigenvalue weighted by Crippen LogP contribution is -2.53. The Morgan fingerprint density at radius 1 is 1.26 bits per heavy atom. The van der Waals surface area contributed by atoms with Crippen molar-refractivity contribution in [1.29, 1.82) is 0 Å². The van der Waals surface area contributed by atoms with Crippen molar-refractivity contribution in [2.24, 2.45) is 0 Å². The largest absolute Gasteiger partial charge is 0.465 e. The number of rotatable bonds is 4. The highest BCUT2D eigenvalue weighted by Crippen LogP contribution is 2.31. The van der Waals surface area contributed by atoms with Crippen molar-refractivity contribution in [2.45, 2.75) is 44.9 Å². The second-order valence-corrected chi connectivity index (χ2v) is 6.03. The number of carbonyl (C=O) groups is 1. The SMILES string of the molecule is C#CCC(C(O)c1cc(F)c(F)cc1F)N(C(=O)O)C(C)(C)C. The van der Waals surface area contributed by atoms with Crippen LogP contribution in [-0.2, 0) is 0 Å². The van der Waals surface area contributed by atoms with Crippen molar-refractivity contribution in [3.63, 3.8) is 0 Å². The number of hydrogen-bond donors (Lipinski definition) is 2. The topological polar surface area (TPSA) is 60.8 Å². The Morgan fingerprint density at radius 3 is 2.22 bits per heavy atom. The van der Waals surface area contributed by atoms with E-state index in [1.807, 2.05) is 0 Å². The first kappa shape index (κ1) is 18.8. The molecule has 1 aromatic carbocycles. The van der Waals surface area contributed by atoms with Gasteiger partial charge in [0.25, 0.3) is 0 Å². The summed E-state index contributed by atoms with van der Waals surface area (Å²) in [7, 11) is 0. The molecule has 23 heavy (non-hydrogen) atoms. The number of hydrogen-bond acceptors (Lipinski definition) is 2. The molecule has 4 nitrogen and oxygen atoms in total. The van der Waals surface area contributed by atoms with E-state index in [0.29, 0.717) is 12.1 Å². The van der Waals surface area contributed by atoms with Gasteiger partial charge in [-0.25, -0.2) is 18.0 Å². The summed E-state index contributed by atoms with van der Waals surface area (Å²) < 4.78 is 40.2. The molecular formula is C16H18F3NO3. The molecule has 0 spiro atoms. The third kappa shape index (κ3) is 4.17. The van der Waals surface area contributed by atoms with Crippen LogP contribution in [0.25, 0.3) is 0 Å². The van der Waals surface area contributed by atoms with Gasteiger partial charge in [0.05, 0.1) is 6.04 Å². The zero-order valence-corrected chi connectivity index (χ0v) is 13.0. The van der Waals surface area contributed by atoms with Crippen LogP contribution in [0.2, 0.25) is 0 Å². The van der Waals surface area contributed by atoms with E-state index in [9.17, 15) is 28.2 Å². The monoisotopic (exact) mass is 329 g/mol. The number of halogens is 3. The minimum absolute atomic E-state index is 0.233. The number of terminal acetylenes is 1. The van der Waals surface area contributed by atoms with Gasteiger partial charge in [0.2, 0.25) is 0 Å². The average molecular weight is 329 g/mol. The molecule has 0 fully saturated rings. The van der Waals surface area contributed by atoms with E-state index < -0.39 is 46.8 Å². The highest BCUT2D eigenvalue weighted by molar-refractivity contribution is 5.66. The normalized spacial score (nSPS) is 14.0. The predicted molar refractivity (Wildman–Crippen MR) is 78.1 cm³/mol. The van der Waals surface area contributed by atoms with Crippen molar-refractivity contribution < 1.29 is 28.2 Å². The van der Waals surface area contributed by atoms with Crippen molar-refractivity contribution in [1.82, 2.24) is 4.90 Å². The van der Waals surface area contributed by atoms with Gasteiger partial charge in [-0.3, -0.25) is 4.90 Å². The summed E-state index contributed by atoms with van der Waals surface area (Å²) in [5.74, 6) is -1.72. The van der Waals surface area contributed by atoms with Crippen molar-refractivity contribution in [3.8, 4) is 12.3 Å². The van der Waals surface area contributed by atoms with Gasteiger partial charge in [-0.15, -0.1) is 12.3 Å². The van der Waals surface area contributed by atoms with E-state index >= 15 is 0 Å². The molecule has 1 rings (SSSR count). The van der Waals surface area contributed by atoms with Crippen molar-refractivity contribution in [2.75, 3.05) is 0 Å². The number of amides is 1. The van der Waals surface area contributed by atoms with E-state index in [1.54, 1.807) is 20.8 Å². The molecule has 0 radical (unpaired) electrons. The van der Waals surface area contributed by atoms with E-state index in [4.69, 9.17) is 6.42 Å². The first-order valence-corrected chi connectivity index (χ1v) is 6.79. The standard InChI is InChI=1S/C16H18F3NO3/c1-5-6-13(20(15(22)23)16(2,3)4)14(21)9-7-11(18)12(19)8-10(9)17/h1,7-8,13-14,21H,6H2,2-4H3,(H,22,23). The Balaban J connectivity index is 3.37. The predicted octanol–water partition coefficient (Wildman–Crippen LogP) is 3.31. The molecule has 0 aliphatic carbocycles. The molecule has 0 bridgehead atoms. The quantitative estimate of drug-likeness (QED) is 0.658. The Kier molecular flexibility index (Phi) is 5.67. The maximum atomic E-state index is 13.9. The van der Waals surface area contributed by atoms with Gasteiger partial charge in [-0.1, -0.05) is 0 Å². The van der Waals surface area contributed by atoms with E-state index in [2.05, 4.69) is 5.92 Å². The third-order valence-electron chi connectivity index (χ3n) is 3.31. The van der Waals surface area contributed by atoms with Gasteiger partial charge in [0, 0.05) is 23.6 Å². The minimum Gasteiger partial charge on any atom is -0.465 e. The van der Waals surface area contributed by atoms with E-state index in [1.165, 1.54) is 0 Å². The van der Waals surface area contributed by atoms with Crippen LogP contribution in [0.15, 0.2) is 12.1 Å². The zero-order valence-electron chi connectivity index (χ0n) is 13.0.